The van der Waals surface area contributed by atoms with Gasteiger partial charge >= 0.3 is 0 Å². The van der Waals surface area contributed by atoms with Crippen molar-refractivity contribution in [2.45, 2.75) is 26.2 Å². The summed E-state index contributed by atoms with van der Waals surface area (Å²) in [6, 6.07) is 4.18. The van der Waals surface area contributed by atoms with Crippen LogP contribution < -0.4 is 10.5 Å². The number of benzene rings is 1. The number of methoxy groups -OCH3 is 1. The zero-order chi connectivity index (χ0) is 15.5. The number of aromatic nitrogens is 2. The number of H-pyrrole nitrogens is 1. The highest BCUT2D eigenvalue weighted by Crippen LogP contribution is 2.36. The van der Waals surface area contributed by atoms with Gasteiger partial charge in [-0.25, -0.2) is 4.98 Å². The number of unbranched alkanes of at least 4 members (excludes halogenated alkanes) is 1. The van der Waals surface area contributed by atoms with E-state index in [9.17, 15) is 0 Å². The molecule has 0 fully saturated rings. The Kier molecular flexibility index (Phi) is 4.45. The van der Waals surface area contributed by atoms with E-state index in [4.69, 9.17) is 10.5 Å². The van der Waals surface area contributed by atoms with E-state index in [1.807, 2.05) is 11.6 Å². The zero-order valence-electron chi connectivity index (χ0n) is 13.0. The van der Waals surface area contributed by atoms with Crippen molar-refractivity contribution < 1.29 is 4.74 Å². The predicted molar refractivity (Wildman–Crippen MR) is 92.7 cm³/mol. The van der Waals surface area contributed by atoms with E-state index in [0.29, 0.717) is 0 Å². The van der Waals surface area contributed by atoms with E-state index in [0.717, 1.165) is 42.3 Å². The molecule has 3 aromatic rings. The van der Waals surface area contributed by atoms with Crippen molar-refractivity contribution in [3.63, 3.8) is 0 Å². The summed E-state index contributed by atoms with van der Waals surface area (Å²) in [5.41, 5.74) is 10.5. The Labute approximate surface area is 134 Å². The minimum atomic E-state index is 0.733. The number of ether oxygens (including phenoxy) is 1. The van der Waals surface area contributed by atoms with Gasteiger partial charge in [-0.15, -0.1) is 11.3 Å². The summed E-state index contributed by atoms with van der Waals surface area (Å²) < 4.78 is 5.44. The van der Waals surface area contributed by atoms with Crippen LogP contribution in [-0.2, 0) is 6.42 Å². The van der Waals surface area contributed by atoms with E-state index < -0.39 is 0 Å². The molecule has 0 aliphatic rings. The van der Waals surface area contributed by atoms with Crippen molar-refractivity contribution in [3.05, 3.63) is 34.8 Å². The van der Waals surface area contributed by atoms with Crippen LogP contribution in [-0.4, -0.2) is 23.6 Å². The lowest BCUT2D eigenvalue weighted by molar-refractivity contribution is 0.415. The Morgan fingerprint density at radius 1 is 1.32 bits per heavy atom. The molecule has 1 aromatic carbocycles. The standard InChI is InChI=1S/C17H21N3OS/c1-11-9-12(21-2)10-14-13(5-3-4-6-18)16(20-15(11)14)17-19-7-8-22-17/h7-10,20H,3-6,18H2,1-2H3. The molecule has 0 spiro atoms. The first-order chi connectivity index (χ1) is 10.7. The monoisotopic (exact) mass is 315 g/mol. The van der Waals surface area contributed by atoms with E-state index in [-0.39, 0.29) is 0 Å². The number of hydrogen-bond acceptors (Lipinski definition) is 4. The Balaban J connectivity index is 2.16. The maximum Gasteiger partial charge on any atom is 0.139 e. The van der Waals surface area contributed by atoms with Gasteiger partial charge in [0.15, 0.2) is 0 Å². The Hall–Kier alpha value is -1.85. The van der Waals surface area contributed by atoms with Crippen LogP contribution in [0.25, 0.3) is 21.6 Å². The topological polar surface area (TPSA) is 63.9 Å². The summed E-state index contributed by atoms with van der Waals surface area (Å²) in [5, 5.41) is 4.29. The fourth-order valence-electron chi connectivity index (χ4n) is 2.85. The molecule has 0 saturated heterocycles. The summed E-state index contributed by atoms with van der Waals surface area (Å²) in [6.45, 7) is 2.84. The second-order valence-corrected chi connectivity index (χ2v) is 6.32. The predicted octanol–water partition coefficient (Wildman–Crippen LogP) is 3.89. The molecule has 0 aliphatic heterocycles. The second-order valence-electron chi connectivity index (χ2n) is 5.43. The Bertz CT molecular complexity index is 762. The maximum atomic E-state index is 5.64. The molecule has 0 atom stereocenters. The Morgan fingerprint density at radius 3 is 2.86 bits per heavy atom. The van der Waals surface area contributed by atoms with Crippen LogP contribution in [0.2, 0.25) is 0 Å². The third kappa shape index (κ3) is 2.74. The quantitative estimate of drug-likeness (QED) is 0.678. The van der Waals surface area contributed by atoms with Gasteiger partial charge < -0.3 is 15.5 Å². The first-order valence-electron chi connectivity index (χ1n) is 7.53. The summed E-state index contributed by atoms with van der Waals surface area (Å²) in [6.07, 6.45) is 4.96. The lowest BCUT2D eigenvalue weighted by Gasteiger charge is -2.05. The van der Waals surface area contributed by atoms with Crippen LogP contribution in [0.3, 0.4) is 0 Å². The molecule has 0 aliphatic carbocycles. The van der Waals surface area contributed by atoms with Gasteiger partial charge in [0.05, 0.1) is 12.8 Å². The summed E-state index contributed by atoms with van der Waals surface area (Å²) in [4.78, 5) is 8.05. The first kappa shape index (κ1) is 15.1. The summed E-state index contributed by atoms with van der Waals surface area (Å²) in [5.74, 6) is 0.898. The first-order valence-corrected chi connectivity index (χ1v) is 8.41. The van der Waals surface area contributed by atoms with Crippen molar-refractivity contribution in [3.8, 4) is 16.5 Å². The zero-order valence-corrected chi connectivity index (χ0v) is 13.8. The highest BCUT2D eigenvalue weighted by atomic mass is 32.1. The number of thiazole rings is 1. The van der Waals surface area contributed by atoms with Crippen molar-refractivity contribution in [1.82, 2.24) is 9.97 Å². The van der Waals surface area contributed by atoms with Crippen LogP contribution in [0, 0.1) is 6.92 Å². The van der Waals surface area contributed by atoms with Gasteiger partial charge in [0.1, 0.15) is 10.8 Å². The smallest absolute Gasteiger partial charge is 0.139 e. The Morgan fingerprint density at radius 2 is 2.18 bits per heavy atom. The van der Waals surface area contributed by atoms with Crippen LogP contribution in [0.5, 0.6) is 5.75 Å². The maximum absolute atomic E-state index is 5.64. The molecule has 0 radical (unpaired) electrons. The lowest BCUT2D eigenvalue weighted by Crippen LogP contribution is -1.99. The third-order valence-corrected chi connectivity index (χ3v) is 4.74. The van der Waals surface area contributed by atoms with Gasteiger partial charge in [-0.1, -0.05) is 0 Å². The molecule has 0 unspecified atom stereocenters. The molecule has 2 heterocycles. The summed E-state index contributed by atoms with van der Waals surface area (Å²) >= 11 is 1.66. The van der Waals surface area contributed by atoms with Crippen LogP contribution in [0.15, 0.2) is 23.7 Å². The number of aryl methyl sites for hydroxylation is 2. The molecule has 0 amide bonds. The van der Waals surface area contributed by atoms with Crippen LogP contribution in [0.1, 0.15) is 24.0 Å². The minimum Gasteiger partial charge on any atom is -0.497 e. The molecular weight excluding hydrogens is 294 g/mol. The third-order valence-electron chi connectivity index (χ3n) is 3.95. The second kappa shape index (κ2) is 6.50. The van der Waals surface area contributed by atoms with Gasteiger partial charge in [0.25, 0.3) is 0 Å². The molecular formula is C17H21N3OS. The number of nitrogens with zero attached hydrogens (tertiary/aromatic N) is 1. The number of hydrogen-bond donors (Lipinski definition) is 2. The van der Waals surface area contributed by atoms with Gasteiger partial charge in [-0.05, 0) is 56.0 Å². The van der Waals surface area contributed by atoms with Crippen LogP contribution >= 0.6 is 11.3 Å². The van der Waals surface area contributed by atoms with Crippen molar-refractivity contribution in [2.75, 3.05) is 13.7 Å². The van der Waals surface area contributed by atoms with Gasteiger partial charge in [-0.2, -0.15) is 0 Å². The highest BCUT2D eigenvalue weighted by molar-refractivity contribution is 7.13. The molecule has 2 aromatic heterocycles. The normalized spacial score (nSPS) is 11.2. The van der Waals surface area contributed by atoms with Gasteiger partial charge in [0, 0.05) is 22.5 Å². The molecule has 3 N–H and O–H groups in total. The molecule has 3 rings (SSSR count). The van der Waals surface area contributed by atoms with Gasteiger partial charge in [-0.3, -0.25) is 0 Å². The lowest BCUT2D eigenvalue weighted by atomic mass is 10.0. The summed E-state index contributed by atoms with van der Waals surface area (Å²) in [7, 11) is 1.71. The van der Waals surface area contributed by atoms with Gasteiger partial charge in [0.2, 0.25) is 0 Å². The number of fused-ring (bicyclic) bond motifs is 1. The van der Waals surface area contributed by atoms with E-state index in [1.165, 1.54) is 22.0 Å². The number of aromatic amines is 1. The largest absolute Gasteiger partial charge is 0.497 e. The van der Waals surface area contributed by atoms with Crippen molar-refractivity contribution in [2.24, 2.45) is 5.73 Å². The van der Waals surface area contributed by atoms with E-state index >= 15 is 0 Å². The molecule has 22 heavy (non-hydrogen) atoms. The average Bonchev–Trinajstić information content (AvgIpc) is 3.15. The minimum absolute atomic E-state index is 0.733. The molecule has 5 heteroatoms. The molecule has 116 valence electrons. The number of rotatable bonds is 6. The fraction of sp³-hybridized carbons (Fsp3) is 0.353. The number of nitrogens with one attached hydrogen (secondary N) is 1. The highest BCUT2D eigenvalue weighted by Gasteiger charge is 2.16. The molecule has 0 bridgehead atoms. The van der Waals surface area contributed by atoms with E-state index in [2.05, 4.69) is 29.0 Å². The van der Waals surface area contributed by atoms with Crippen LogP contribution in [0.4, 0.5) is 0 Å². The average molecular weight is 315 g/mol. The number of nitrogens with two attached hydrogens (primary N) is 1. The SMILES string of the molecule is COc1cc(C)c2[nH]c(-c3nccs3)c(CCCCN)c2c1. The molecule has 0 saturated carbocycles. The van der Waals surface area contributed by atoms with Crippen molar-refractivity contribution in [1.29, 1.82) is 0 Å². The van der Waals surface area contributed by atoms with Crippen molar-refractivity contribution >= 4 is 22.2 Å². The van der Waals surface area contributed by atoms with E-state index in [1.54, 1.807) is 18.4 Å². The molecule has 4 nitrogen and oxygen atoms in total. The fourth-order valence-corrected chi connectivity index (χ4v) is 3.51.